The van der Waals surface area contributed by atoms with Gasteiger partial charge in [0.15, 0.2) is 6.10 Å². The molecule has 83 heavy (non-hydrogen) atoms. The Morgan fingerprint density at radius 2 is 0.470 bits per heavy atom. The summed E-state index contributed by atoms with van der Waals surface area (Å²) in [5.41, 5.74) is 0. The zero-order chi connectivity index (χ0) is 59.9. The van der Waals surface area contributed by atoms with Crippen molar-refractivity contribution in [3.8, 4) is 0 Å². The van der Waals surface area contributed by atoms with E-state index in [2.05, 4.69) is 179 Å². The minimum absolute atomic E-state index is 0.0994. The Kier molecular flexibility index (Phi) is 65.4. The van der Waals surface area contributed by atoms with Crippen LogP contribution in [0.4, 0.5) is 0 Å². The standard InChI is InChI=1S/C77H124O6/c1-4-7-10-13-16-19-22-25-28-31-33-34-35-36-37-38-39-40-41-42-44-46-49-52-55-58-61-64-67-70-76(79)82-73-74(72-81-75(78)69-66-63-60-57-54-51-48-45-30-27-24-21-18-15-12-9-6-3)83-77(80)71-68-65-62-59-56-53-50-47-43-32-29-26-23-20-17-14-11-8-5-2/h7,9-10,12,16-21,25-30,33-34,36-37,39-40,42,44,48,51,74H,4-6,8,11,13-15,22-24,31-32,35,38,41,43,45-47,49-50,52-73H2,1-3H3/b10-7-,12-9-,19-16-,20-17-,21-18-,28-25-,29-26-,30-27-,34-33-,37-36-,40-39-,44-42-,51-48-. The van der Waals surface area contributed by atoms with Crippen molar-refractivity contribution in [2.45, 2.75) is 297 Å². The lowest BCUT2D eigenvalue weighted by Crippen LogP contribution is -2.30. The lowest BCUT2D eigenvalue weighted by Gasteiger charge is -2.18. The van der Waals surface area contributed by atoms with Crippen molar-refractivity contribution in [1.82, 2.24) is 0 Å². The van der Waals surface area contributed by atoms with Crippen LogP contribution in [0, 0.1) is 0 Å². The Balaban J connectivity index is 4.43. The largest absolute Gasteiger partial charge is 0.462 e. The van der Waals surface area contributed by atoms with Gasteiger partial charge in [0.2, 0.25) is 0 Å². The third kappa shape index (κ3) is 67.7. The van der Waals surface area contributed by atoms with Gasteiger partial charge in [-0.05, 0) is 148 Å². The molecule has 1 unspecified atom stereocenters. The van der Waals surface area contributed by atoms with Crippen LogP contribution < -0.4 is 0 Å². The summed E-state index contributed by atoms with van der Waals surface area (Å²) in [6.45, 7) is 6.36. The predicted octanol–water partition coefficient (Wildman–Crippen LogP) is 23.7. The molecule has 0 saturated carbocycles. The quantitative estimate of drug-likeness (QED) is 0.0261. The van der Waals surface area contributed by atoms with Crippen LogP contribution in [0.1, 0.15) is 290 Å². The molecule has 0 aromatic heterocycles. The van der Waals surface area contributed by atoms with E-state index in [9.17, 15) is 14.4 Å². The van der Waals surface area contributed by atoms with Crippen molar-refractivity contribution in [2.24, 2.45) is 0 Å². The smallest absolute Gasteiger partial charge is 0.306 e. The molecule has 0 spiro atoms. The number of hydrogen-bond acceptors (Lipinski definition) is 6. The lowest BCUT2D eigenvalue weighted by atomic mass is 10.1. The van der Waals surface area contributed by atoms with Gasteiger partial charge in [-0.25, -0.2) is 0 Å². The number of carbonyl (C=O) groups excluding carboxylic acids is 3. The Morgan fingerprint density at radius 1 is 0.253 bits per heavy atom. The number of esters is 3. The summed E-state index contributed by atoms with van der Waals surface area (Å²) in [4.78, 5) is 38.4. The van der Waals surface area contributed by atoms with Crippen LogP contribution in [0.2, 0.25) is 0 Å². The molecule has 0 saturated heterocycles. The minimum Gasteiger partial charge on any atom is -0.462 e. The molecule has 0 aliphatic carbocycles. The number of rotatable bonds is 60. The maximum atomic E-state index is 12.9. The fraction of sp³-hybridized carbons (Fsp3) is 0.623. The molecule has 0 rings (SSSR count). The summed E-state index contributed by atoms with van der Waals surface area (Å²) in [5, 5.41) is 0. The first-order valence-electron chi connectivity index (χ1n) is 34.0. The third-order valence-electron chi connectivity index (χ3n) is 14.0. The van der Waals surface area contributed by atoms with Gasteiger partial charge in [-0.1, -0.05) is 281 Å². The molecule has 0 aliphatic rings. The first-order valence-corrected chi connectivity index (χ1v) is 34.0. The molecule has 0 aromatic rings. The fourth-order valence-electron chi connectivity index (χ4n) is 8.97. The van der Waals surface area contributed by atoms with Gasteiger partial charge in [-0.3, -0.25) is 14.4 Å². The van der Waals surface area contributed by atoms with Crippen LogP contribution in [0.5, 0.6) is 0 Å². The van der Waals surface area contributed by atoms with Gasteiger partial charge in [0.05, 0.1) is 0 Å². The summed E-state index contributed by atoms with van der Waals surface area (Å²) in [6.07, 6.45) is 101. The van der Waals surface area contributed by atoms with Crippen molar-refractivity contribution >= 4 is 17.9 Å². The fourth-order valence-corrected chi connectivity index (χ4v) is 8.97. The Bertz CT molecular complexity index is 1840. The average Bonchev–Trinajstić information content (AvgIpc) is 3.49. The van der Waals surface area contributed by atoms with E-state index in [-0.39, 0.29) is 31.1 Å². The Morgan fingerprint density at radius 3 is 0.735 bits per heavy atom. The second kappa shape index (κ2) is 69.5. The third-order valence-corrected chi connectivity index (χ3v) is 14.0. The highest BCUT2D eigenvalue weighted by molar-refractivity contribution is 5.71. The Hall–Kier alpha value is -4.97. The molecule has 6 nitrogen and oxygen atoms in total. The van der Waals surface area contributed by atoms with Gasteiger partial charge in [0.25, 0.3) is 0 Å². The number of carbonyl (C=O) groups is 3. The monoisotopic (exact) mass is 1140 g/mol. The summed E-state index contributed by atoms with van der Waals surface area (Å²) in [7, 11) is 0. The number of allylic oxidation sites excluding steroid dienone is 26. The van der Waals surface area contributed by atoms with Gasteiger partial charge in [-0.2, -0.15) is 0 Å². The highest BCUT2D eigenvalue weighted by Gasteiger charge is 2.19. The topological polar surface area (TPSA) is 78.9 Å². The van der Waals surface area contributed by atoms with E-state index in [0.717, 1.165) is 154 Å². The van der Waals surface area contributed by atoms with Crippen LogP contribution >= 0.6 is 0 Å². The molecule has 6 heteroatoms. The molecule has 0 bridgehead atoms. The van der Waals surface area contributed by atoms with Crippen LogP contribution in [0.3, 0.4) is 0 Å². The second-order valence-electron chi connectivity index (χ2n) is 22.0. The van der Waals surface area contributed by atoms with Crippen LogP contribution in [0.25, 0.3) is 0 Å². The van der Waals surface area contributed by atoms with Gasteiger partial charge in [0, 0.05) is 19.3 Å². The molecular formula is C77H124O6. The van der Waals surface area contributed by atoms with Crippen molar-refractivity contribution in [3.05, 3.63) is 158 Å². The Labute approximate surface area is 511 Å². The van der Waals surface area contributed by atoms with Gasteiger partial charge >= 0.3 is 17.9 Å². The molecule has 0 aliphatic heterocycles. The van der Waals surface area contributed by atoms with E-state index in [4.69, 9.17) is 14.2 Å². The average molecular weight is 1150 g/mol. The molecule has 468 valence electrons. The first kappa shape index (κ1) is 78.0. The summed E-state index contributed by atoms with van der Waals surface area (Å²) in [5.74, 6) is -0.936. The van der Waals surface area contributed by atoms with Crippen LogP contribution in [-0.4, -0.2) is 37.2 Å². The van der Waals surface area contributed by atoms with Crippen molar-refractivity contribution < 1.29 is 28.6 Å². The van der Waals surface area contributed by atoms with Crippen molar-refractivity contribution in [3.63, 3.8) is 0 Å². The predicted molar refractivity (Wildman–Crippen MR) is 362 cm³/mol. The normalized spacial score (nSPS) is 13.1. The SMILES string of the molecule is CC/C=C\C/C=C\C/C=C\C/C=C\C/C=C\C/C=C\C/C=C\CCCCCCCCCC(=O)OCC(COC(=O)CCCCCC/C=C\C/C=C\C/C=C\C/C=C\CC)OC(=O)CCCCCCCCCCC/C=C\C/C=C\CCCCC. The molecule has 0 fully saturated rings. The molecule has 1 atom stereocenters. The van der Waals surface area contributed by atoms with Gasteiger partial charge in [0.1, 0.15) is 13.2 Å². The molecule has 0 amide bonds. The maximum absolute atomic E-state index is 12.9. The highest BCUT2D eigenvalue weighted by Crippen LogP contribution is 2.15. The lowest BCUT2D eigenvalue weighted by molar-refractivity contribution is -0.167. The maximum Gasteiger partial charge on any atom is 0.306 e. The van der Waals surface area contributed by atoms with E-state index in [1.54, 1.807) is 0 Å². The second-order valence-corrected chi connectivity index (χ2v) is 22.0. The molecular weight excluding hydrogens is 1020 g/mol. The number of unbranched alkanes of at least 4 members (excludes halogenated alkanes) is 23. The zero-order valence-corrected chi connectivity index (χ0v) is 53.7. The van der Waals surface area contributed by atoms with Gasteiger partial charge < -0.3 is 14.2 Å². The summed E-state index contributed by atoms with van der Waals surface area (Å²) in [6, 6.07) is 0. The van der Waals surface area contributed by atoms with E-state index in [0.29, 0.717) is 19.3 Å². The molecule has 0 heterocycles. The number of hydrogen-bond donors (Lipinski definition) is 0. The van der Waals surface area contributed by atoms with E-state index in [1.165, 1.54) is 96.3 Å². The molecule has 0 N–H and O–H groups in total. The van der Waals surface area contributed by atoms with Gasteiger partial charge in [-0.15, -0.1) is 0 Å². The van der Waals surface area contributed by atoms with E-state index in [1.807, 2.05) is 0 Å². The summed E-state index contributed by atoms with van der Waals surface area (Å²) < 4.78 is 16.9. The van der Waals surface area contributed by atoms with Crippen molar-refractivity contribution in [1.29, 1.82) is 0 Å². The van der Waals surface area contributed by atoms with Crippen molar-refractivity contribution in [2.75, 3.05) is 13.2 Å². The molecule has 0 radical (unpaired) electrons. The van der Waals surface area contributed by atoms with E-state index >= 15 is 0 Å². The minimum atomic E-state index is -0.805. The number of ether oxygens (including phenoxy) is 3. The van der Waals surface area contributed by atoms with Crippen LogP contribution in [0.15, 0.2) is 158 Å². The first-order chi connectivity index (χ1) is 41.0. The highest BCUT2D eigenvalue weighted by atomic mass is 16.6. The van der Waals surface area contributed by atoms with E-state index < -0.39 is 6.10 Å². The zero-order valence-electron chi connectivity index (χ0n) is 53.7. The molecule has 0 aromatic carbocycles. The summed E-state index contributed by atoms with van der Waals surface area (Å²) >= 11 is 0. The van der Waals surface area contributed by atoms with Crippen LogP contribution in [-0.2, 0) is 28.6 Å².